The van der Waals surface area contributed by atoms with Gasteiger partial charge in [0.1, 0.15) is 5.82 Å². The summed E-state index contributed by atoms with van der Waals surface area (Å²) in [5.41, 5.74) is -0.594. The van der Waals surface area contributed by atoms with Crippen molar-refractivity contribution >= 4 is 5.82 Å². The van der Waals surface area contributed by atoms with Crippen molar-refractivity contribution in [2.45, 2.75) is 33.2 Å². The molecule has 0 aliphatic rings. The van der Waals surface area contributed by atoms with E-state index in [2.05, 4.69) is 26.1 Å². The second-order valence-corrected chi connectivity index (χ2v) is 4.59. The van der Waals surface area contributed by atoms with Crippen LogP contribution >= 0.6 is 0 Å². The molecule has 0 amide bonds. The molecule has 1 N–H and O–H groups in total. The zero-order chi connectivity index (χ0) is 13.2. The fraction of sp³-hybridized carbons (Fsp3) is 0.667. The van der Waals surface area contributed by atoms with Crippen molar-refractivity contribution in [3.63, 3.8) is 0 Å². The van der Waals surface area contributed by atoms with E-state index in [1.807, 2.05) is 0 Å². The summed E-state index contributed by atoms with van der Waals surface area (Å²) in [5.74, 6) is 1.06. The molecule has 0 spiro atoms. The minimum absolute atomic E-state index is 0.220. The molecule has 0 bridgehead atoms. The Labute approximate surface area is 101 Å². The lowest BCUT2D eigenvalue weighted by atomic mass is 10.0. The first kappa shape index (κ1) is 13.5. The Morgan fingerprint density at radius 1 is 1.24 bits per heavy atom. The Morgan fingerprint density at radius 3 is 2.35 bits per heavy atom. The number of aromatic nitrogens is 2. The minimum atomic E-state index is -0.309. The zero-order valence-corrected chi connectivity index (χ0v) is 11.2. The van der Waals surface area contributed by atoms with Gasteiger partial charge in [0.15, 0.2) is 0 Å². The minimum Gasteiger partial charge on any atom is -0.368 e. The number of nitrogens with zero attached hydrogens (tertiary/aromatic N) is 2. The van der Waals surface area contributed by atoms with E-state index in [9.17, 15) is 9.59 Å². The molecule has 1 rings (SSSR count). The monoisotopic (exact) mass is 239 g/mol. The molecule has 0 aromatic carbocycles. The normalized spacial score (nSPS) is 14.4. The van der Waals surface area contributed by atoms with Crippen LogP contribution < -0.4 is 16.6 Å². The van der Waals surface area contributed by atoms with E-state index in [-0.39, 0.29) is 17.3 Å². The molecule has 96 valence electrons. The van der Waals surface area contributed by atoms with Crippen molar-refractivity contribution in [3.05, 3.63) is 26.9 Å². The zero-order valence-electron chi connectivity index (χ0n) is 11.2. The Balaban J connectivity index is 3.09. The first-order valence-electron chi connectivity index (χ1n) is 5.92. The first-order chi connectivity index (χ1) is 7.88. The van der Waals surface area contributed by atoms with Gasteiger partial charge in [-0.05, 0) is 12.8 Å². The van der Waals surface area contributed by atoms with Gasteiger partial charge < -0.3 is 5.32 Å². The first-order valence-corrected chi connectivity index (χ1v) is 5.92. The van der Waals surface area contributed by atoms with Crippen molar-refractivity contribution in [1.82, 2.24) is 9.13 Å². The van der Waals surface area contributed by atoms with E-state index in [0.29, 0.717) is 11.7 Å². The lowest BCUT2D eigenvalue weighted by Crippen LogP contribution is -2.39. The van der Waals surface area contributed by atoms with Crippen LogP contribution in [0.2, 0.25) is 0 Å². The lowest BCUT2D eigenvalue weighted by molar-refractivity contribution is 0.490. The van der Waals surface area contributed by atoms with E-state index < -0.39 is 0 Å². The Hall–Kier alpha value is -1.52. The van der Waals surface area contributed by atoms with Crippen molar-refractivity contribution in [2.24, 2.45) is 20.0 Å². The van der Waals surface area contributed by atoms with Gasteiger partial charge in [-0.2, -0.15) is 0 Å². The second-order valence-electron chi connectivity index (χ2n) is 4.59. The smallest absolute Gasteiger partial charge is 0.332 e. The predicted molar refractivity (Wildman–Crippen MR) is 69.5 cm³/mol. The number of nitrogens with one attached hydrogen (secondary N) is 1. The highest BCUT2D eigenvalue weighted by molar-refractivity contribution is 5.35. The van der Waals surface area contributed by atoms with Crippen molar-refractivity contribution in [1.29, 1.82) is 0 Å². The van der Waals surface area contributed by atoms with Crippen molar-refractivity contribution < 1.29 is 0 Å². The molecule has 5 heteroatoms. The van der Waals surface area contributed by atoms with Gasteiger partial charge in [-0.25, -0.2) is 4.79 Å². The fourth-order valence-corrected chi connectivity index (χ4v) is 1.60. The summed E-state index contributed by atoms with van der Waals surface area (Å²) in [6.07, 6.45) is 1.05. The predicted octanol–water partition coefficient (Wildman–Crippen LogP) is 0.930. The summed E-state index contributed by atoms with van der Waals surface area (Å²) in [6.45, 7) is 6.30. The molecule has 1 aromatic rings. The lowest BCUT2D eigenvalue weighted by Gasteiger charge is -2.22. The molecule has 5 nitrogen and oxygen atoms in total. The summed E-state index contributed by atoms with van der Waals surface area (Å²) < 4.78 is 2.55. The van der Waals surface area contributed by atoms with Gasteiger partial charge in [0.2, 0.25) is 0 Å². The van der Waals surface area contributed by atoms with Crippen LogP contribution in [0.4, 0.5) is 5.82 Å². The molecule has 0 saturated heterocycles. The third-order valence-corrected chi connectivity index (χ3v) is 3.40. The second kappa shape index (κ2) is 5.21. The van der Waals surface area contributed by atoms with Crippen molar-refractivity contribution in [2.75, 3.05) is 5.32 Å². The van der Waals surface area contributed by atoms with Crippen LogP contribution in [0.15, 0.2) is 15.7 Å². The molecule has 2 atom stereocenters. The summed E-state index contributed by atoms with van der Waals surface area (Å²) in [7, 11) is 3.14. The van der Waals surface area contributed by atoms with Crippen LogP contribution in [0.1, 0.15) is 27.2 Å². The van der Waals surface area contributed by atoms with Crippen LogP contribution in [-0.4, -0.2) is 15.2 Å². The van der Waals surface area contributed by atoms with Gasteiger partial charge in [-0.3, -0.25) is 13.9 Å². The third-order valence-electron chi connectivity index (χ3n) is 3.40. The summed E-state index contributed by atoms with van der Waals surface area (Å²) in [6, 6.07) is 1.68. The highest BCUT2D eigenvalue weighted by Gasteiger charge is 2.12. The maximum Gasteiger partial charge on any atom is 0.332 e. The van der Waals surface area contributed by atoms with Crippen LogP contribution in [0, 0.1) is 5.92 Å². The molecular formula is C12H21N3O2. The quantitative estimate of drug-likeness (QED) is 0.850. The third kappa shape index (κ3) is 2.78. The molecule has 17 heavy (non-hydrogen) atoms. The molecule has 0 fully saturated rings. The molecule has 0 aliphatic heterocycles. The Bertz CT molecular complexity index is 501. The molecule has 1 heterocycles. The number of hydrogen-bond acceptors (Lipinski definition) is 3. The average molecular weight is 239 g/mol. The van der Waals surface area contributed by atoms with Gasteiger partial charge in [0.05, 0.1) is 0 Å². The van der Waals surface area contributed by atoms with Crippen LogP contribution in [0.5, 0.6) is 0 Å². The average Bonchev–Trinajstić information content (AvgIpc) is 2.32. The Morgan fingerprint density at radius 2 is 1.82 bits per heavy atom. The van der Waals surface area contributed by atoms with E-state index in [0.717, 1.165) is 11.0 Å². The van der Waals surface area contributed by atoms with Crippen LogP contribution in [0.3, 0.4) is 0 Å². The molecular weight excluding hydrogens is 218 g/mol. The maximum absolute atomic E-state index is 11.7. The van der Waals surface area contributed by atoms with Gasteiger partial charge in [-0.15, -0.1) is 0 Å². The topological polar surface area (TPSA) is 56.0 Å². The molecule has 2 unspecified atom stereocenters. The fourth-order valence-electron chi connectivity index (χ4n) is 1.60. The number of rotatable bonds is 4. The van der Waals surface area contributed by atoms with E-state index in [1.54, 1.807) is 7.05 Å². The van der Waals surface area contributed by atoms with E-state index in [1.165, 1.54) is 17.7 Å². The largest absolute Gasteiger partial charge is 0.368 e. The van der Waals surface area contributed by atoms with Gasteiger partial charge in [0, 0.05) is 26.2 Å². The molecule has 0 aliphatic carbocycles. The summed E-state index contributed by atoms with van der Waals surface area (Å²) in [5, 5.41) is 3.22. The van der Waals surface area contributed by atoms with Gasteiger partial charge >= 0.3 is 5.69 Å². The Kier molecular flexibility index (Phi) is 4.15. The molecule has 0 radical (unpaired) electrons. The van der Waals surface area contributed by atoms with Crippen molar-refractivity contribution in [3.8, 4) is 0 Å². The standard InChI is InChI=1S/C12H21N3O2/c1-6-8(2)9(3)13-10-7-11(16)15(5)12(17)14(10)4/h7-9,13H,6H2,1-5H3. The van der Waals surface area contributed by atoms with E-state index >= 15 is 0 Å². The number of hydrogen-bond donors (Lipinski definition) is 1. The van der Waals surface area contributed by atoms with Gasteiger partial charge in [0.25, 0.3) is 5.56 Å². The SMILES string of the molecule is CCC(C)C(C)Nc1cc(=O)n(C)c(=O)n1C. The highest BCUT2D eigenvalue weighted by atomic mass is 16.2. The van der Waals surface area contributed by atoms with Crippen LogP contribution in [0.25, 0.3) is 0 Å². The summed E-state index contributed by atoms with van der Waals surface area (Å²) in [4.78, 5) is 23.3. The molecule has 1 aromatic heterocycles. The van der Waals surface area contributed by atoms with Crippen LogP contribution in [-0.2, 0) is 14.1 Å². The number of anilines is 1. The highest BCUT2D eigenvalue weighted by Crippen LogP contribution is 2.12. The molecule has 0 saturated carbocycles. The summed E-state index contributed by atoms with van der Waals surface area (Å²) >= 11 is 0. The van der Waals surface area contributed by atoms with Gasteiger partial charge in [-0.1, -0.05) is 20.3 Å². The maximum atomic E-state index is 11.7. The van der Waals surface area contributed by atoms with E-state index in [4.69, 9.17) is 0 Å².